The molecule has 2 amide bonds. The molecular weight excluding hydrogens is 569 g/mol. The molecule has 0 radical (unpaired) electrons. The normalized spacial score (nSPS) is 11.2. The van der Waals surface area contributed by atoms with Gasteiger partial charge < -0.3 is 15.4 Å². The van der Waals surface area contributed by atoms with Crippen molar-refractivity contribution in [3.05, 3.63) is 75.5 Å². The fourth-order valence-electron chi connectivity index (χ4n) is 3.67. The maximum atomic E-state index is 13.6. The number of halogens is 4. The number of hydrogen-bond donors (Lipinski definition) is 2. The van der Waals surface area contributed by atoms with E-state index in [0.29, 0.717) is 10.4 Å². The average molecular weight is 589 g/mol. The number of hydrogen-bond acceptors (Lipinski definition) is 9. The van der Waals surface area contributed by atoms with Crippen LogP contribution >= 0.6 is 11.6 Å². The van der Waals surface area contributed by atoms with Crippen molar-refractivity contribution in [3.63, 3.8) is 0 Å². The van der Waals surface area contributed by atoms with Crippen molar-refractivity contribution < 1.29 is 27.5 Å². The van der Waals surface area contributed by atoms with Gasteiger partial charge in [0.1, 0.15) is 12.2 Å². The van der Waals surface area contributed by atoms with Gasteiger partial charge >= 0.3 is 6.18 Å². The number of benzene rings is 1. The number of ether oxygens (including phenoxy) is 1. The first-order chi connectivity index (χ1) is 19.5. The Morgan fingerprint density at radius 2 is 1.98 bits per heavy atom. The van der Waals surface area contributed by atoms with Crippen LogP contribution in [-0.4, -0.2) is 67.0 Å². The molecule has 0 aliphatic heterocycles. The van der Waals surface area contributed by atoms with Gasteiger partial charge in [0.2, 0.25) is 0 Å². The van der Waals surface area contributed by atoms with E-state index in [1.54, 1.807) is 13.0 Å². The van der Waals surface area contributed by atoms with Crippen molar-refractivity contribution in [2.75, 3.05) is 25.6 Å². The predicted octanol–water partition coefficient (Wildman–Crippen LogP) is 2.78. The molecule has 3 heterocycles. The van der Waals surface area contributed by atoms with Gasteiger partial charge in [-0.15, -0.1) is 10.2 Å². The van der Waals surface area contributed by atoms with E-state index in [1.807, 2.05) is 6.07 Å². The highest BCUT2D eigenvalue weighted by molar-refractivity contribution is 6.32. The van der Waals surface area contributed by atoms with E-state index in [1.165, 1.54) is 37.6 Å². The first kappa shape index (κ1) is 29.1. The van der Waals surface area contributed by atoms with Gasteiger partial charge in [-0.05, 0) is 48.0 Å². The molecule has 0 saturated heterocycles. The van der Waals surface area contributed by atoms with Crippen molar-refractivity contribution in [2.24, 2.45) is 0 Å². The number of anilines is 1. The Morgan fingerprint density at radius 3 is 2.63 bits per heavy atom. The number of methoxy groups -OCH3 is 1. The zero-order valence-corrected chi connectivity index (χ0v) is 22.2. The van der Waals surface area contributed by atoms with Crippen molar-refractivity contribution in [1.29, 1.82) is 5.26 Å². The lowest BCUT2D eigenvalue weighted by atomic mass is 10.0. The van der Waals surface area contributed by atoms with Crippen LogP contribution in [0.3, 0.4) is 0 Å². The van der Waals surface area contributed by atoms with Crippen molar-refractivity contribution in [1.82, 2.24) is 40.3 Å². The van der Waals surface area contributed by atoms with Crippen LogP contribution in [0.4, 0.5) is 18.9 Å². The monoisotopic (exact) mass is 588 g/mol. The molecule has 4 rings (SSSR count). The summed E-state index contributed by atoms with van der Waals surface area (Å²) in [5, 5.41) is 28.8. The molecule has 0 aliphatic rings. The third-order valence-electron chi connectivity index (χ3n) is 5.48. The van der Waals surface area contributed by atoms with Crippen LogP contribution in [0, 0.1) is 18.3 Å². The fourth-order valence-corrected chi connectivity index (χ4v) is 3.87. The number of pyridine rings is 1. The molecule has 212 valence electrons. The number of nitrogens with one attached hydrogen (secondary N) is 2. The maximum absolute atomic E-state index is 13.6. The standard InChI is InChI=1S/C24H20ClF3N10O3/c1-13-8-14(11-29)9-16(21(39)31-6-7-41-2)19(13)32-22(40)18-10-15(12-37-35-23(33-36-37)24(26,27)28)34-38(18)20-17(25)4-3-5-30-20/h3-5,8-10H,6-7,12H2,1-2H3,(H,31,39)(H,32,40). The van der Waals surface area contributed by atoms with Gasteiger partial charge in [0, 0.05) is 19.9 Å². The Bertz CT molecular complexity index is 1640. The van der Waals surface area contributed by atoms with Gasteiger partial charge in [-0.25, -0.2) is 9.67 Å². The van der Waals surface area contributed by atoms with Crippen LogP contribution in [0.1, 0.15) is 43.5 Å². The Balaban J connectivity index is 1.73. The molecule has 4 aromatic rings. The lowest BCUT2D eigenvalue weighted by molar-refractivity contribution is -0.145. The Hall–Kier alpha value is -4.88. The number of amides is 2. The van der Waals surface area contributed by atoms with E-state index in [0.717, 1.165) is 4.68 Å². The highest BCUT2D eigenvalue weighted by Gasteiger charge is 2.37. The predicted molar refractivity (Wildman–Crippen MR) is 136 cm³/mol. The third-order valence-corrected chi connectivity index (χ3v) is 5.78. The Kier molecular flexibility index (Phi) is 8.59. The molecule has 0 aliphatic carbocycles. The minimum atomic E-state index is -4.79. The molecule has 0 spiro atoms. The number of aromatic nitrogens is 7. The van der Waals surface area contributed by atoms with Crippen LogP contribution in [-0.2, 0) is 17.5 Å². The molecule has 0 unspecified atom stereocenters. The smallest absolute Gasteiger partial charge is 0.383 e. The summed E-state index contributed by atoms with van der Waals surface area (Å²) < 4.78 is 44.8. The zero-order valence-electron chi connectivity index (χ0n) is 21.4. The van der Waals surface area contributed by atoms with Crippen LogP contribution in [0.25, 0.3) is 5.82 Å². The molecule has 41 heavy (non-hydrogen) atoms. The van der Waals surface area contributed by atoms with Crippen LogP contribution in [0.2, 0.25) is 5.02 Å². The average Bonchev–Trinajstić information content (AvgIpc) is 3.57. The van der Waals surface area contributed by atoms with Gasteiger partial charge in [-0.1, -0.05) is 11.6 Å². The number of tetrazole rings is 1. The number of carbonyl (C=O) groups excluding carboxylic acids is 2. The lowest BCUT2D eigenvalue weighted by Crippen LogP contribution is -2.29. The van der Waals surface area contributed by atoms with E-state index in [9.17, 15) is 28.0 Å². The molecule has 17 heteroatoms. The topological polar surface area (TPSA) is 166 Å². The number of carbonyl (C=O) groups is 2. The maximum Gasteiger partial charge on any atom is 0.455 e. The first-order valence-corrected chi connectivity index (χ1v) is 12.1. The first-order valence-electron chi connectivity index (χ1n) is 11.7. The quantitative estimate of drug-likeness (QED) is 0.280. The summed E-state index contributed by atoms with van der Waals surface area (Å²) >= 11 is 6.29. The van der Waals surface area contributed by atoms with Gasteiger partial charge in [-0.3, -0.25) is 9.59 Å². The minimum Gasteiger partial charge on any atom is -0.383 e. The lowest BCUT2D eigenvalue weighted by Gasteiger charge is -2.15. The largest absolute Gasteiger partial charge is 0.455 e. The molecule has 1 aromatic carbocycles. The molecule has 0 saturated carbocycles. The number of aryl methyl sites for hydroxylation is 1. The van der Waals surface area contributed by atoms with Crippen LogP contribution in [0.15, 0.2) is 36.5 Å². The Labute approximate surface area is 234 Å². The zero-order chi connectivity index (χ0) is 29.7. The van der Waals surface area contributed by atoms with Gasteiger partial charge in [0.05, 0.1) is 40.2 Å². The molecule has 0 atom stereocenters. The molecule has 13 nitrogen and oxygen atoms in total. The summed E-state index contributed by atoms with van der Waals surface area (Å²) in [5.74, 6) is -2.69. The second kappa shape index (κ2) is 12.1. The van der Waals surface area contributed by atoms with Gasteiger partial charge in [-0.2, -0.15) is 28.3 Å². The van der Waals surface area contributed by atoms with Crippen LogP contribution < -0.4 is 10.6 Å². The molecule has 0 fully saturated rings. The van der Waals surface area contributed by atoms with E-state index in [2.05, 4.69) is 36.1 Å². The summed E-state index contributed by atoms with van der Waals surface area (Å²) in [5.41, 5.74) is 0.729. The molecular formula is C24H20ClF3N10O3. The second-order valence-corrected chi connectivity index (χ2v) is 8.82. The summed E-state index contributed by atoms with van der Waals surface area (Å²) in [4.78, 5) is 31.4. The van der Waals surface area contributed by atoms with Crippen molar-refractivity contribution >= 4 is 29.1 Å². The number of nitriles is 1. The van der Waals surface area contributed by atoms with E-state index < -0.39 is 23.8 Å². The summed E-state index contributed by atoms with van der Waals surface area (Å²) in [7, 11) is 1.47. The second-order valence-electron chi connectivity index (χ2n) is 8.41. The van der Waals surface area contributed by atoms with Gasteiger partial charge in [0.15, 0.2) is 5.82 Å². The van der Waals surface area contributed by atoms with Crippen molar-refractivity contribution in [2.45, 2.75) is 19.6 Å². The van der Waals surface area contributed by atoms with E-state index in [4.69, 9.17) is 16.3 Å². The summed E-state index contributed by atoms with van der Waals surface area (Å²) in [6.45, 7) is 1.65. The summed E-state index contributed by atoms with van der Waals surface area (Å²) in [6, 6.07) is 9.15. The van der Waals surface area contributed by atoms with E-state index >= 15 is 0 Å². The molecule has 0 bridgehead atoms. The Morgan fingerprint density at radius 1 is 1.20 bits per heavy atom. The number of nitrogens with zero attached hydrogens (tertiary/aromatic N) is 8. The highest BCUT2D eigenvalue weighted by atomic mass is 35.5. The molecule has 2 N–H and O–H groups in total. The molecule has 3 aromatic heterocycles. The van der Waals surface area contributed by atoms with Gasteiger partial charge in [0.25, 0.3) is 17.6 Å². The SMILES string of the molecule is COCCNC(=O)c1cc(C#N)cc(C)c1NC(=O)c1cc(Cn2nnc(C(F)(F)F)n2)nn1-c1ncccc1Cl. The fraction of sp³-hybridized carbons (Fsp3) is 0.250. The van der Waals surface area contributed by atoms with Crippen molar-refractivity contribution in [3.8, 4) is 11.9 Å². The third kappa shape index (κ3) is 6.65. The number of rotatable bonds is 9. The highest BCUT2D eigenvalue weighted by Crippen LogP contribution is 2.27. The van der Waals surface area contributed by atoms with E-state index in [-0.39, 0.29) is 58.7 Å². The summed E-state index contributed by atoms with van der Waals surface area (Å²) in [6.07, 6.45) is -3.39. The van der Waals surface area contributed by atoms with Crippen LogP contribution in [0.5, 0.6) is 0 Å². The number of alkyl halides is 3. The minimum absolute atomic E-state index is 0.0275.